The van der Waals surface area contributed by atoms with Crippen LogP contribution in [0.5, 0.6) is 0 Å². The highest BCUT2D eigenvalue weighted by Gasteiger charge is 2.41. The third-order valence-corrected chi connectivity index (χ3v) is 4.77. The number of fused-ring (bicyclic) bond motifs is 1. The van der Waals surface area contributed by atoms with Gasteiger partial charge >= 0.3 is 0 Å². The van der Waals surface area contributed by atoms with Gasteiger partial charge in [-0.05, 0) is 29.5 Å². The van der Waals surface area contributed by atoms with Gasteiger partial charge in [-0.2, -0.15) is 4.98 Å². The van der Waals surface area contributed by atoms with Crippen LogP contribution in [0.1, 0.15) is 38.3 Å². The Morgan fingerprint density at radius 3 is 2.65 bits per heavy atom. The van der Waals surface area contributed by atoms with Crippen LogP contribution in [0.15, 0.2) is 35.5 Å². The van der Waals surface area contributed by atoms with E-state index < -0.39 is 11.0 Å². The van der Waals surface area contributed by atoms with Crippen molar-refractivity contribution in [2.45, 2.75) is 32.7 Å². The first kappa shape index (κ1) is 16.2. The van der Waals surface area contributed by atoms with E-state index in [-0.39, 0.29) is 22.8 Å². The highest BCUT2D eigenvalue weighted by molar-refractivity contribution is 6.00. The predicted molar refractivity (Wildman–Crippen MR) is 94.3 cm³/mol. The number of nitrogens with zero attached hydrogens (tertiary/aromatic N) is 4. The van der Waals surface area contributed by atoms with E-state index in [1.165, 1.54) is 12.1 Å². The van der Waals surface area contributed by atoms with Gasteiger partial charge < -0.3 is 11.1 Å². The average Bonchev–Trinajstić information content (AvgIpc) is 2.91. The average molecular weight is 354 g/mol. The fraction of sp³-hybridized carbons (Fsp3) is 0.353. The van der Waals surface area contributed by atoms with Crippen LogP contribution in [0.4, 0.5) is 17.6 Å². The molecule has 4 rings (SSSR count). The Hall–Kier alpha value is -3.23. The molecule has 3 N–H and O–H groups in total. The first-order valence-corrected chi connectivity index (χ1v) is 8.25. The second-order valence-corrected chi connectivity index (χ2v) is 7.45. The molecule has 9 nitrogen and oxygen atoms in total. The molecule has 0 saturated heterocycles. The predicted octanol–water partition coefficient (Wildman–Crippen LogP) is 2.43. The monoisotopic (exact) mass is 354 g/mol. The first-order chi connectivity index (χ1) is 12.2. The van der Waals surface area contributed by atoms with Gasteiger partial charge in [0.1, 0.15) is 6.04 Å². The van der Waals surface area contributed by atoms with Gasteiger partial charge in [0.05, 0.1) is 4.92 Å². The molecule has 1 aliphatic carbocycles. The molecule has 0 radical (unpaired) electrons. The number of nitrogen functional groups attached to an aromatic ring is 1. The zero-order valence-corrected chi connectivity index (χ0v) is 14.4. The number of hydrogen-bond acceptors (Lipinski definition) is 7. The van der Waals surface area contributed by atoms with Gasteiger partial charge in [0.25, 0.3) is 5.69 Å². The lowest BCUT2D eigenvalue weighted by molar-refractivity contribution is -0.384. The number of carbonyl (C=O) groups excluding carboxylic acids is 1. The number of nitro benzene ring substituents is 1. The minimum Gasteiger partial charge on any atom is -0.366 e. The second-order valence-electron chi connectivity index (χ2n) is 7.45. The zero-order chi connectivity index (χ0) is 18.6. The molecule has 1 aliphatic heterocycles. The van der Waals surface area contributed by atoms with E-state index in [9.17, 15) is 14.9 Å². The Labute approximate surface area is 149 Å². The van der Waals surface area contributed by atoms with E-state index in [0.717, 1.165) is 11.3 Å². The summed E-state index contributed by atoms with van der Waals surface area (Å²) >= 11 is 0. The van der Waals surface area contributed by atoms with Crippen molar-refractivity contribution in [3.63, 3.8) is 0 Å². The van der Waals surface area contributed by atoms with E-state index in [0.29, 0.717) is 24.4 Å². The molecule has 2 aromatic rings. The third-order valence-electron chi connectivity index (χ3n) is 4.77. The van der Waals surface area contributed by atoms with Gasteiger partial charge in [-0.15, -0.1) is 5.10 Å². The van der Waals surface area contributed by atoms with Crippen molar-refractivity contribution in [2.75, 3.05) is 11.1 Å². The fourth-order valence-corrected chi connectivity index (χ4v) is 3.71. The highest BCUT2D eigenvalue weighted by Crippen LogP contribution is 2.45. The largest absolute Gasteiger partial charge is 0.366 e. The number of non-ortho nitro benzene ring substituents is 1. The Bertz CT molecular complexity index is 957. The molecule has 0 spiro atoms. The molecule has 1 unspecified atom stereocenters. The molecule has 2 aliphatic rings. The van der Waals surface area contributed by atoms with Gasteiger partial charge in [0.2, 0.25) is 11.9 Å². The quantitative estimate of drug-likeness (QED) is 0.626. The summed E-state index contributed by atoms with van der Waals surface area (Å²) < 4.78 is 1.57. The maximum atomic E-state index is 12.9. The minimum atomic E-state index is -0.504. The summed E-state index contributed by atoms with van der Waals surface area (Å²) in [6.45, 7) is 4.09. The van der Waals surface area contributed by atoms with Crippen LogP contribution < -0.4 is 11.1 Å². The number of anilines is 2. The summed E-state index contributed by atoms with van der Waals surface area (Å²) in [5.41, 5.74) is 7.76. The standard InChI is InChI=1S/C17H18N6O3/c1-17(2)7-11-13(12(24)8-17)14(22-16(19-11)20-15(18)21-22)9-3-5-10(6-4-9)23(25)26/h3-6,14H,7-8H2,1-2H3,(H3,18,19,20,21). The van der Waals surface area contributed by atoms with Crippen molar-refractivity contribution in [1.29, 1.82) is 0 Å². The lowest BCUT2D eigenvalue weighted by atomic mass is 9.73. The van der Waals surface area contributed by atoms with Crippen molar-refractivity contribution < 1.29 is 9.72 Å². The van der Waals surface area contributed by atoms with E-state index in [1.54, 1.807) is 16.8 Å². The molecule has 1 atom stereocenters. The lowest BCUT2D eigenvalue weighted by Gasteiger charge is -2.38. The summed E-state index contributed by atoms with van der Waals surface area (Å²) in [5.74, 6) is 0.605. The van der Waals surface area contributed by atoms with Gasteiger partial charge in [-0.1, -0.05) is 13.8 Å². The first-order valence-electron chi connectivity index (χ1n) is 8.25. The normalized spacial score (nSPS) is 21.0. The van der Waals surface area contributed by atoms with Crippen LogP contribution in [-0.2, 0) is 4.79 Å². The molecule has 1 aromatic carbocycles. The van der Waals surface area contributed by atoms with E-state index in [1.807, 2.05) is 13.8 Å². The number of nitrogens with one attached hydrogen (secondary N) is 1. The van der Waals surface area contributed by atoms with Crippen LogP contribution in [-0.4, -0.2) is 25.5 Å². The van der Waals surface area contributed by atoms with E-state index in [4.69, 9.17) is 5.73 Å². The maximum absolute atomic E-state index is 12.9. The third kappa shape index (κ3) is 2.52. The number of ketones is 1. The number of rotatable bonds is 2. The Balaban J connectivity index is 1.87. The number of benzene rings is 1. The van der Waals surface area contributed by atoms with Crippen LogP contribution in [0.3, 0.4) is 0 Å². The second kappa shape index (κ2) is 5.38. The van der Waals surface area contributed by atoms with Crippen LogP contribution in [0, 0.1) is 15.5 Å². The molecule has 1 aromatic heterocycles. The zero-order valence-electron chi connectivity index (χ0n) is 14.4. The van der Waals surface area contributed by atoms with Crippen LogP contribution >= 0.6 is 0 Å². The molecule has 2 heterocycles. The van der Waals surface area contributed by atoms with E-state index in [2.05, 4.69) is 15.4 Å². The smallest absolute Gasteiger partial charge is 0.269 e. The summed E-state index contributed by atoms with van der Waals surface area (Å²) in [4.78, 5) is 27.6. The molecule has 134 valence electrons. The molecular formula is C17H18N6O3. The molecule has 26 heavy (non-hydrogen) atoms. The topological polar surface area (TPSA) is 129 Å². The fourth-order valence-electron chi connectivity index (χ4n) is 3.71. The number of hydrogen-bond donors (Lipinski definition) is 2. The van der Waals surface area contributed by atoms with Crippen molar-refractivity contribution in [1.82, 2.24) is 14.8 Å². The lowest BCUT2D eigenvalue weighted by Crippen LogP contribution is -2.36. The van der Waals surface area contributed by atoms with Crippen LogP contribution in [0.25, 0.3) is 0 Å². The van der Waals surface area contributed by atoms with Gasteiger partial charge in [0.15, 0.2) is 5.78 Å². The summed E-state index contributed by atoms with van der Waals surface area (Å²) in [5, 5.41) is 18.4. The minimum absolute atomic E-state index is 0.00804. The number of carbonyl (C=O) groups is 1. The van der Waals surface area contributed by atoms with Crippen molar-refractivity contribution in [2.24, 2.45) is 5.41 Å². The molecular weight excluding hydrogens is 336 g/mol. The molecule has 0 fully saturated rings. The Morgan fingerprint density at radius 2 is 2.00 bits per heavy atom. The Morgan fingerprint density at radius 1 is 1.31 bits per heavy atom. The number of allylic oxidation sites excluding steroid dienone is 2. The van der Waals surface area contributed by atoms with Gasteiger partial charge in [-0.3, -0.25) is 14.9 Å². The number of nitrogens with two attached hydrogens (primary N) is 1. The van der Waals surface area contributed by atoms with Gasteiger partial charge in [0, 0.05) is 29.8 Å². The summed E-state index contributed by atoms with van der Waals surface area (Å²) in [6, 6.07) is 5.64. The number of nitro groups is 1. The molecule has 0 bridgehead atoms. The van der Waals surface area contributed by atoms with Crippen LogP contribution in [0.2, 0.25) is 0 Å². The Kier molecular flexibility index (Phi) is 3.36. The number of aromatic nitrogens is 3. The van der Waals surface area contributed by atoms with Crippen molar-refractivity contribution >= 4 is 23.4 Å². The highest BCUT2D eigenvalue weighted by atomic mass is 16.6. The molecule has 9 heteroatoms. The van der Waals surface area contributed by atoms with Crippen molar-refractivity contribution in [3.8, 4) is 0 Å². The number of Topliss-reactive ketones (excluding diaryl/α,β-unsaturated/α-hetero) is 1. The summed E-state index contributed by atoms with van der Waals surface area (Å²) in [6.07, 6.45) is 1.13. The molecule has 0 amide bonds. The van der Waals surface area contributed by atoms with Crippen molar-refractivity contribution in [3.05, 3.63) is 51.2 Å². The maximum Gasteiger partial charge on any atom is 0.269 e. The van der Waals surface area contributed by atoms with E-state index >= 15 is 0 Å². The summed E-state index contributed by atoms with van der Waals surface area (Å²) in [7, 11) is 0. The SMILES string of the molecule is CC1(C)CC(=O)C2=C(C1)Nc1nc(N)nn1C2c1ccc([N+](=O)[O-])cc1. The van der Waals surface area contributed by atoms with Gasteiger partial charge in [-0.25, -0.2) is 4.68 Å². The molecule has 0 saturated carbocycles.